The van der Waals surface area contributed by atoms with Crippen LogP contribution in [0.25, 0.3) is 11.2 Å². The Morgan fingerprint density at radius 3 is 2.65 bits per heavy atom. The van der Waals surface area contributed by atoms with Crippen molar-refractivity contribution < 1.29 is 0 Å². The van der Waals surface area contributed by atoms with Gasteiger partial charge >= 0.3 is 0 Å². The molecule has 3 aromatic rings. The SMILES string of the molecule is Nc1nc(Cl)nc2c1ncn2Cc1ccc(Cl)nc1Cl. The first-order chi connectivity index (χ1) is 9.54. The third-order valence-electron chi connectivity index (χ3n) is 2.70. The van der Waals surface area contributed by atoms with Crippen LogP contribution in [0.1, 0.15) is 5.56 Å². The number of halogens is 3. The maximum absolute atomic E-state index is 6.05. The smallest absolute Gasteiger partial charge is 0.226 e. The fourth-order valence-electron chi connectivity index (χ4n) is 1.80. The molecular formula is C11H7Cl3N6. The molecule has 0 aliphatic rings. The van der Waals surface area contributed by atoms with Gasteiger partial charge in [0.25, 0.3) is 0 Å². The van der Waals surface area contributed by atoms with Crippen molar-refractivity contribution in [2.45, 2.75) is 6.54 Å². The highest BCUT2D eigenvalue weighted by atomic mass is 35.5. The van der Waals surface area contributed by atoms with Gasteiger partial charge in [-0.05, 0) is 17.7 Å². The predicted octanol–water partition coefficient (Wildman–Crippen LogP) is 2.81. The third-order valence-corrected chi connectivity index (χ3v) is 3.40. The summed E-state index contributed by atoms with van der Waals surface area (Å²) in [6.45, 7) is 0.423. The molecule has 0 aliphatic carbocycles. The van der Waals surface area contributed by atoms with Crippen molar-refractivity contribution in [3.8, 4) is 0 Å². The van der Waals surface area contributed by atoms with Crippen molar-refractivity contribution in [1.82, 2.24) is 24.5 Å². The molecule has 20 heavy (non-hydrogen) atoms. The molecular weight excluding hydrogens is 323 g/mol. The highest BCUT2D eigenvalue weighted by molar-refractivity contribution is 6.32. The second-order valence-electron chi connectivity index (χ2n) is 4.01. The number of fused-ring (bicyclic) bond motifs is 1. The molecule has 0 unspecified atom stereocenters. The standard InChI is InChI=1S/C11H7Cl3N6/c12-6-2-1-5(8(13)17-6)3-20-4-16-7-9(15)18-11(14)19-10(7)20/h1-2,4H,3H2,(H2,15,18,19). The molecule has 0 bridgehead atoms. The summed E-state index contributed by atoms with van der Waals surface area (Å²) in [7, 11) is 0. The molecule has 0 fully saturated rings. The molecule has 0 saturated carbocycles. The van der Waals surface area contributed by atoms with Crippen LogP contribution in [0.2, 0.25) is 15.6 Å². The van der Waals surface area contributed by atoms with Crippen LogP contribution < -0.4 is 5.73 Å². The molecule has 0 atom stereocenters. The maximum atomic E-state index is 6.05. The molecule has 6 nitrogen and oxygen atoms in total. The maximum Gasteiger partial charge on any atom is 0.226 e. The van der Waals surface area contributed by atoms with Gasteiger partial charge in [0.2, 0.25) is 5.28 Å². The molecule has 0 amide bonds. The minimum absolute atomic E-state index is 0.0667. The summed E-state index contributed by atoms with van der Waals surface area (Å²) in [4.78, 5) is 16.1. The van der Waals surface area contributed by atoms with Gasteiger partial charge in [-0.1, -0.05) is 29.3 Å². The summed E-state index contributed by atoms with van der Waals surface area (Å²) in [5.41, 5.74) is 7.56. The number of pyridine rings is 1. The van der Waals surface area contributed by atoms with E-state index in [1.165, 1.54) is 0 Å². The fraction of sp³-hybridized carbons (Fsp3) is 0.0909. The largest absolute Gasteiger partial charge is 0.382 e. The highest BCUT2D eigenvalue weighted by Gasteiger charge is 2.12. The first-order valence-electron chi connectivity index (χ1n) is 5.49. The third kappa shape index (κ3) is 2.37. The Morgan fingerprint density at radius 2 is 1.90 bits per heavy atom. The van der Waals surface area contributed by atoms with Crippen LogP contribution >= 0.6 is 34.8 Å². The van der Waals surface area contributed by atoms with E-state index in [-0.39, 0.29) is 11.1 Å². The van der Waals surface area contributed by atoms with Gasteiger partial charge in [0.1, 0.15) is 15.8 Å². The molecule has 9 heteroatoms. The zero-order valence-corrected chi connectivity index (χ0v) is 12.2. The van der Waals surface area contributed by atoms with Crippen LogP contribution in [-0.4, -0.2) is 24.5 Å². The predicted molar refractivity (Wildman–Crippen MR) is 78.1 cm³/mol. The van der Waals surface area contributed by atoms with Crippen molar-refractivity contribution in [1.29, 1.82) is 0 Å². The zero-order valence-electron chi connectivity index (χ0n) is 9.89. The average Bonchev–Trinajstić information content (AvgIpc) is 2.76. The number of hydrogen-bond donors (Lipinski definition) is 1. The van der Waals surface area contributed by atoms with Crippen LogP contribution in [0.5, 0.6) is 0 Å². The Morgan fingerprint density at radius 1 is 1.10 bits per heavy atom. The van der Waals surface area contributed by atoms with Crippen LogP contribution in [0.3, 0.4) is 0 Å². The molecule has 0 radical (unpaired) electrons. The lowest BCUT2D eigenvalue weighted by Crippen LogP contribution is -2.02. The quantitative estimate of drug-likeness (QED) is 0.577. The topological polar surface area (TPSA) is 82.5 Å². The van der Waals surface area contributed by atoms with E-state index in [0.717, 1.165) is 5.56 Å². The lowest BCUT2D eigenvalue weighted by Gasteiger charge is -2.06. The number of hydrogen-bond acceptors (Lipinski definition) is 5. The van der Waals surface area contributed by atoms with E-state index in [0.29, 0.717) is 28.0 Å². The summed E-state index contributed by atoms with van der Waals surface area (Å²) in [6.07, 6.45) is 1.59. The Hall–Kier alpha value is -1.63. The Kier molecular flexibility index (Phi) is 3.37. The summed E-state index contributed by atoms with van der Waals surface area (Å²) >= 11 is 17.6. The second-order valence-corrected chi connectivity index (χ2v) is 5.09. The van der Waals surface area contributed by atoms with Crippen molar-refractivity contribution in [3.05, 3.63) is 39.6 Å². The van der Waals surface area contributed by atoms with E-state index in [2.05, 4.69) is 19.9 Å². The van der Waals surface area contributed by atoms with Gasteiger partial charge < -0.3 is 10.3 Å². The van der Waals surface area contributed by atoms with Crippen LogP contribution in [-0.2, 0) is 6.54 Å². The first-order valence-corrected chi connectivity index (χ1v) is 6.63. The molecule has 102 valence electrons. The van der Waals surface area contributed by atoms with Gasteiger partial charge in [-0.25, -0.2) is 9.97 Å². The second kappa shape index (κ2) is 5.05. The fourth-order valence-corrected chi connectivity index (χ4v) is 2.37. The minimum atomic E-state index is 0.0667. The van der Waals surface area contributed by atoms with Gasteiger partial charge in [-0.2, -0.15) is 9.97 Å². The first kappa shape index (κ1) is 13.4. The Balaban J connectivity index is 2.07. The normalized spacial score (nSPS) is 11.2. The van der Waals surface area contributed by atoms with Crippen molar-refractivity contribution in [3.63, 3.8) is 0 Å². The van der Waals surface area contributed by atoms with Crippen molar-refractivity contribution in [2.75, 3.05) is 5.73 Å². The molecule has 0 saturated heterocycles. The number of rotatable bonds is 2. The van der Waals surface area contributed by atoms with E-state index in [1.54, 1.807) is 23.0 Å². The highest BCUT2D eigenvalue weighted by Crippen LogP contribution is 2.22. The summed E-state index contributed by atoms with van der Waals surface area (Å²) < 4.78 is 1.76. The number of aromatic nitrogens is 5. The Labute approximate surface area is 128 Å². The zero-order chi connectivity index (χ0) is 14.3. The van der Waals surface area contributed by atoms with Crippen LogP contribution in [0.15, 0.2) is 18.5 Å². The van der Waals surface area contributed by atoms with E-state index in [4.69, 9.17) is 40.5 Å². The molecule has 0 aromatic carbocycles. The van der Waals surface area contributed by atoms with Crippen LogP contribution in [0.4, 0.5) is 5.82 Å². The summed E-state index contributed by atoms with van der Waals surface area (Å²) in [6, 6.07) is 3.45. The molecule has 2 N–H and O–H groups in total. The van der Waals surface area contributed by atoms with Gasteiger partial charge in [0, 0.05) is 5.56 Å². The summed E-state index contributed by atoms with van der Waals surface area (Å²) in [5, 5.41) is 0.730. The number of nitrogens with two attached hydrogens (primary N) is 1. The average molecular weight is 330 g/mol. The van der Waals surface area contributed by atoms with Gasteiger partial charge in [0.05, 0.1) is 12.9 Å². The lowest BCUT2D eigenvalue weighted by molar-refractivity contribution is 0.809. The summed E-state index contributed by atoms with van der Waals surface area (Å²) in [5.74, 6) is 0.235. The monoisotopic (exact) mass is 328 g/mol. The molecule has 3 rings (SSSR count). The van der Waals surface area contributed by atoms with Crippen molar-refractivity contribution in [2.24, 2.45) is 0 Å². The van der Waals surface area contributed by atoms with Crippen LogP contribution in [0, 0.1) is 0 Å². The minimum Gasteiger partial charge on any atom is -0.382 e. The lowest BCUT2D eigenvalue weighted by atomic mass is 10.3. The number of anilines is 1. The van der Waals surface area contributed by atoms with E-state index < -0.39 is 0 Å². The molecule has 3 aromatic heterocycles. The van der Waals surface area contributed by atoms with E-state index >= 15 is 0 Å². The molecule has 0 spiro atoms. The van der Waals surface area contributed by atoms with E-state index in [1.807, 2.05) is 0 Å². The number of imidazole rings is 1. The Bertz CT molecular complexity index is 800. The molecule has 0 aliphatic heterocycles. The number of nitrogen functional groups attached to an aromatic ring is 1. The van der Waals surface area contributed by atoms with Gasteiger partial charge in [0.15, 0.2) is 11.5 Å². The number of nitrogens with zero attached hydrogens (tertiary/aromatic N) is 5. The van der Waals surface area contributed by atoms with E-state index in [9.17, 15) is 0 Å². The molecule has 3 heterocycles. The van der Waals surface area contributed by atoms with Gasteiger partial charge in [-0.15, -0.1) is 0 Å². The van der Waals surface area contributed by atoms with Gasteiger partial charge in [-0.3, -0.25) is 0 Å². The van der Waals surface area contributed by atoms with Crippen molar-refractivity contribution >= 4 is 51.8 Å².